The van der Waals surface area contributed by atoms with Gasteiger partial charge in [-0.1, -0.05) is 12.5 Å². The standard InChI is InChI=1S/C9H16O2/c1-3-4-5-6-7-8-9(10)11-2/h3H,1,4-8H2,2H3. The Labute approximate surface area is 68.2 Å². The molecule has 0 amide bonds. The van der Waals surface area contributed by atoms with Crippen LogP contribution in [0.3, 0.4) is 0 Å². The van der Waals surface area contributed by atoms with Crippen molar-refractivity contribution in [2.45, 2.75) is 32.1 Å². The summed E-state index contributed by atoms with van der Waals surface area (Å²) in [5.74, 6) is -0.108. The lowest BCUT2D eigenvalue weighted by Crippen LogP contribution is -1.98. The summed E-state index contributed by atoms with van der Waals surface area (Å²) in [6.45, 7) is 3.62. The predicted octanol–water partition coefficient (Wildman–Crippen LogP) is 2.30. The SMILES string of the molecule is C=CCCCCCC(=O)OC. The second kappa shape index (κ2) is 7.32. The highest BCUT2D eigenvalue weighted by molar-refractivity contribution is 5.68. The molecule has 0 unspecified atom stereocenters. The van der Waals surface area contributed by atoms with Gasteiger partial charge < -0.3 is 4.74 Å². The summed E-state index contributed by atoms with van der Waals surface area (Å²) in [5, 5.41) is 0. The lowest BCUT2D eigenvalue weighted by atomic mass is 10.1. The first-order chi connectivity index (χ1) is 5.31. The van der Waals surface area contributed by atoms with E-state index in [0.29, 0.717) is 6.42 Å². The van der Waals surface area contributed by atoms with Gasteiger partial charge in [0.05, 0.1) is 7.11 Å². The largest absolute Gasteiger partial charge is 0.469 e. The minimum Gasteiger partial charge on any atom is -0.469 e. The quantitative estimate of drug-likeness (QED) is 0.335. The molecule has 0 aliphatic carbocycles. The van der Waals surface area contributed by atoms with E-state index >= 15 is 0 Å². The number of carbonyl (C=O) groups excluding carboxylic acids is 1. The highest BCUT2D eigenvalue weighted by Crippen LogP contribution is 2.03. The van der Waals surface area contributed by atoms with Gasteiger partial charge in [0.25, 0.3) is 0 Å². The molecule has 2 nitrogen and oxygen atoms in total. The fourth-order valence-electron chi connectivity index (χ4n) is 0.837. The molecule has 0 saturated carbocycles. The summed E-state index contributed by atoms with van der Waals surface area (Å²) in [7, 11) is 1.42. The third-order valence-electron chi connectivity index (χ3n) is 1.52. The van der Waals surface area contributed by atoms with Crippen molar-refractivity contribution in [1.82, 2.24) is 0 Å². The van der Waals surface area contributed by atoms with Crippen LogP contribution in [0.5, 0.6) is 0 Å². The number of ether oxygens (including phenoxy) is 1. The second-order valence-electron chi connectivity index (χ2n) is 2.46. The van der Waals surface area contributed by atoms with Crippen LogP contribution in [-0.2, 0) is 9.53 Å². The number of allylic oxidation sites excluding steroid dienone is 1. The van der Waals surface area contributed by atoms with Gasteiger partial charge in [-0.15, -0.1) is 6.58 Å². The molecule has 0 N–H and O–H groups in total. The topological polar surface area (TPSA) is 26.3 Å². The van der Waals surface area contributed by atoms with E-state index in [1.54, 1.807) is 0 Å². The van der Waals surface area contributed by atoms with Crippen molar-refractivity contribution < 1.29 is 9.53 Å². The first kappa shape index (κ1) is 10.2. The Morgan fingerprint density at radius 3 is 2.73 bits per heavy atom. The van der Waals surface area contributed by atoms with Gasteiger partial charge in [0, 0.05) is 6.42 Å². The predicted molar refractivity (Wildman–Crippen MR) is 45.3 cm³/mol. The molecule has 0 heterocycles. The van der Waals surface area contributed by atoms with Crippen LogP contribution in [-0.4, -0.2) is 13.1 Å². The highest BCUT2D eigenvalue weighted by atomic mass is 16.5. The third kappa shape index (κ3) is 7.10. The molecule has 0 aromatic carbocycles. The molecule has 0 spiro atoms. The van der Waals surface area contributed by atoms with Crippen molar-refractivity contribution in [3.63, 3.8) is 0 Å². The number of rotatable bonds is 6. The molecule has 64 valence electrons. The van der Waals surface area contributed by atoms with E-state index in [1.165, 1.54) is 7.11 Å². The van der Waals surface area contributed by atoms with Gasteiger partial charge in [-0.05, 0) is 19.3 Å². The average Bonchev–Trinajstić information content (AvgIpc) is 2.04. The summed E-state index contributed by atoms with van der Waals surface area (Å²) >= 11 is 0. The summed E-state index contributed by atoms with van der Waals surface area (Å²) in [5.41, 5.74) is 0. The van der Waals surface area contributed by atoms with E-state index in [-0.39, 0.29) is 5.97 Å². The molecule has 0 fully saturated rings. The van der Waals surface area contributed by atoms with Gasteiger partial charge in [0.15, 0.2) is 0 Å². The molecular formula is C9H16O2. The van der Waals surface area contributed by atoms with Crippen LogP contribution in [0.25, 0.3) is 0 Å². The molecule has 0 saturated heterocycles. The Kier molecular flexibility index (Phi) is 6.79. The van der Waals surface area contributed by atoms with E-state index in [1.807, 2.05) is 6.08 Å². The summed E-state index contributed by atoms with van der Waals surface area (Å²) in [4.78, 5) is 10.6. The molecule has 0 radical (unpaired) electrons. The number of methoxy groups -OCH3 is 1. The fourth-order valence-corrected chi connectivity index (χ4v) is 0.837. The smallest absolute Gasteiger partial charge is 0.305 e. The lowest BCUT2D eigenvalue weighted by molar-refractivity contribution is -0.140. The fraction of sp³-hybridized carbons (Fsp3) is 0.667. The van der Waals surface area contributed by atoms with Gasteiger partial charge in [-0.2, -0.15) is 0 Å². The van der Waals surface area contributed by atoms with Crippen LogP contribution >= 0.6 is 0 Å². The van der Waals surface area contributed by atoms with Crippen molar-refractivity contribution in [3.05, 3.63) is 12.7 Å². The summed E-state index contributed by atoms with van der Waals surface area (Å²) < 4.78 is 4.50. The Morgan fingerprint density at radius 1 is 1.45 bits per heavy atom. The van der Waals surface area contributed by atoms with E-state index in [2.05, 4.69) is 11.3 Å². The van der Waals surface area contributed by atoms with Crippen LogP contribution in [0, 0.1) is 0 Å². The summed E-state index contributed by atoms with van der Waals surface area (Å²) in [6, 6.07) is 0. The van der Waals surface area contributed by atoms with Crippen molar-refractivity contribution in [1.29, 1.82) is 0 Å². The van der Waals surface area contributed by atoms with Gasteiger partial charge in [-0.25, -0.2) is 0 Å². The number of carbonyl (C=O) groups is 1. The first-order valence-corrected chi connectivity index (χ1v) is 3.99. The van der Waals surface area contributed by atoms with E-state index < -0.39 is 0 Å². The maximum absolute atomic E-state index is 10.6. The monoisotopic (exact) mass is 156 g/mol. The molecule has 2 heteroatoms. The second-order valence-corrected chi connectivity index (χ2v) is 2.46. The molecule has 0 aromatic rings. The van der Waals surface area contributed by atoms with Crippen LogP contribution in [0.4, 0.5) is 0 Å². The van der Waals surface area contributed by atoms with Crippen LogP contribution < -0.4 is 0 Å². The Bertz CT molecular complexity index is 119. The maximum atomic E-state index is 10.6. The zero-order chi connectivity index (χ0) is 8.53. The Balaban J connectivity index is 3.01. The van der Waals surface area contributed by atoms with E-state index in [0.717, 1.165) is 25.7 Å². The van der Waals surface area contributed by atoms with Crippen LogP contribution in [0.1, 0.15) is 32.1 Å². The maximum Gasteiger partial charge on any atom is 0.305 e. The van der Waals surface area contributed by atoms with E-state index in [9.17, 15) is 4.79 Å². The molecule has 0 atom stereocenters. The number of unbranched alkanes of at least 4 members (excludes halogenated alkanes) is 3. The average molecular weight is 156 g/mol. The minimum atomic E-state index is -0.108. The summed E-state index contributed by atoms with van der Waals surface area (Å²) in [6.07, 6.45) is 6.63. The molecule has 0 rings (SSSR count). The Morgan fingerprint density at radius 2 is 2.18 bits per heavy atom. The van der Waals surface area contributed by atoms with Crippen molar-refractivity contribution >= 4 is 5.97 Å². The molecule has 0 aliphatic rings. The molecule has 11 heavy (non-hydrogen) atoms. The van der Waals surface area contributed by atoms with Crippen LogP contribution in [0.2, 0.25) is 0 Å². The van der Waals surface area contributed by atoms with Crippen molar-refractivity contribution in [2.24, 2.45) is 0 Å². The van der Waals surface area contributed by atoms with Crippen molar-refractivity contribution in [3.8, 4) is 0 Å². The molecule has 0 bridgehead atoms. The minimum absolute atomic E-state index is 0.108. The van der Waals surface area contributed by atoms with Crippen molar-refractivity contribution in [2.75, 3.05) is 7.11 Å². The zero-order valence-electron chi connectivity index (χ0n) is 7.14. The zero-order valence-corrected chi connectivity index (χ0v) is 7.14. The number of hydrogen-bond acceptors (Lipinski definition) is 2. The normalized spacial score (nSPS) is 9.18. The van der Waals surface area contributed by atoms with Gasteiger partial charge in [-0.3, -0.25) is 4.79 Å². The molecular weight excluding hydrogens is 140 g/mol. The first-order valence-electron chi connectivity index (χ1n) is 3.99. The number of esters is 1. The van der Waals surface area contributed by atoms with Gasteiger partial charge in [0.2, 0.25) is 0 Å². The van der Waals surface area contributed by atoms with E-state index in [4.69, 9.17) is 0 Å². The van der Waals surface area contributed by atoms with Gasteiger partial charge >= 0.3 is 5.97 Å². The Hall–Kier alpha value is -0.790. The lowest BCUT2D eigenvalue weighted by Gasteiger charge is -1.97. The third-order valence-corrected chi connectivity index (χ3v) is 1.52. The van der Waals surface area contributed by atoms with Gasteiger partial charge in [0.1, 0.15) is 0 Å². The molecule has 0 aliphatic heterocycles. The number of hydrogen-bond donors (Lipinski definition) is 0. The van der Waals surface area contributed by atoms with Crippen LogP contribution in [0.15, 0.2) is 12.7 Å². The molecule has 0 aromatic heterocycles. The highest BCUT2D eigenvalue weighted by Gasteiger charge is 1.97.